The predicted molar refractivity (Wildman–Crippen MR) is 100.0 cm³/mol. The smallest absolute Gasteiger partial charge is 0.309 e. The Hall–Kier alpha value is -3.26. The first-order valence-corrected chi connectivity index (χ1v) is 8.43. The van der Waals surface area contributed by atoms with Gasteiger partial charge in [0.1, 0.15) is 0 Å². The van der Waals surface area contributed by atoms with Crippen molar-refractivity contribution in [2.75, 3.05) is 0 Å². The average molecular weight is 364 g/mol. The normalized spacial score (nSPS) is 11.9. The Morgan fingerprint density at radius 3 is 1.85 bits per heavy atom. The number of hydrogen-bond acceptors (Lipinski definition) is 1. The van der Waals surface area contributed by atoms with Crippen LogP contribution >= 0.6 is 0 Å². The van der Waals surface area contributed by atoms with Gasteiger partial charge >= 0.3 is 6.18 Å². The molecule has 5 heteroatoms. The maximum atomic E-state index is 13.8. The number of rotatable bonds is 1. The molecule has 0 fully saturated rings. The zero-order valence-corrected chi connectivity index (χ0v) is 14.7. The molecule has 0 amide bonds. The Morgan fingerprint density at radius 2 is 1.37 bits per heavy atom. The van der Waals surface area contributed by atoms with E-state index in [1.54, 1.807) is 10.6 Å². The highest BCUT2D eigenvalue weighted by Gasteiger charge is 2.35. The quantitative estimate of drug-likeness (QED) is 0.390. The molecule has 1 aromatic heterocycles. The van der Waals surface area contributed by atoms with Crippen LogP contribution in [0.1, 0.15) is 22.3 Å². The predicted octanol–water partition coefficient (Wildman–Crippen LogP) is 6.29. The number of fused-ring (bicyclic) bond motifs is 3. The van der Waals surface area contributed by atoms with Crippen LogP contribution in [0, 0.1) is 25.2 Å². The van der Waals surface area contributed by atoms with E-state index in [2.05, 4.69) is 0 Å². The van der Waals surface area contributed by atoms with Crippen LogP contribution in [0.4, 0.5) is 13.2 Å². The second-order valence-corrected chi connectivity index (χ2v) is 6.72. The monoisotopic (exact) mass is 364 g/mol. The summed E-state index contributed by atoms with van der Waals surface area (Å²) in [5.74, 6) is 0. The Balaban J connectivity index is 2.18. The third-order valence-corrected chi connectivity index (χ3v) is 4.75. The lowest BCUT2D eigenvalue weighted by Crippen LogP contribution is -2.11. The lowest BCUT2D eigenvalue weighted by Gasteiger charge is -2.16. The number of nitriles is 1. The van der Waals surface area contributed by atoms with Gasteiger partial charge in [-0.2, -0.15) is 18.4 Å². The van der Waals surface area contributed by atoms with Crippen LogP contribution in [0.25, 0.3) is 27.5 Å². The lowest BCUT2D eigenvalue weighted by molar-refractivity contribution is -0.137. The molecule has 0 aliphatic rings. The van der Waals surface area contributed by atoms with Gasteiger partial charge in [-0.25, -0.2) is 0 Å². The summed E-state index contributed by atoms with van der Waals surface area (Å²) in [5, 5.41) is 10.8. The molecule has 0 bridgehead atoms. The molecule has 3 aromatic carbocycles. The maximum Gasteiger partial charge on any atom is 0.418 e. The SMILES string of the molecule is Cc1ccc2c(c1)c1cc(C)ccc1n2-c1ccc(C#N)cc1C(F)(F)F. The van der Waals surface area contributed by atoms with Crippen LogP contribution in [0.3, 0.4) is 0 Å². The summed E-state index contributed by atoms with van der Waals surface area (Å²) in [6, 6.07) is 17.0. The Labute approximate surface area is 154 Å². The van der Waals surface area contributed by atoms with Crippen molar-refractivity contribution < 1.29 is 13.2 Å². The third kappa shape index (κ3) is 2.74. The summed E-state index contributed by atoms with van der Waals surface area (Å²) in [4.78, 5) is 0. The second-order valence-electron chi connectivity index (χ2n) is 6.72. The summed E-state index contributed by atoms with van der Waals surface area (Å²) >= 11 is 0. The largest absolute Gasteiger partial charge is 0.418 e. The molecule has 0 aliphatic carbocycles. The van der Waals surface area contributed by atoms with E-state index in [-0.39, 0.29) is 11.3 Å². The zero-order valence-electron chi connectivity index (χ0n) is 14.7. The van der Waals surface area contributed by atoms with Crippen molar-refractivity contribution in [3.05, 3.63) is 76.9 Å². The molecule has 134 valence electrons. The van der Waals surface area contributed by atoms with Crippen LogP contribution in [0.2, 0.25) is 0 Å². The van der Waals surface area contributed by atoms with Gasteiger partial charge in [0, 0.05) is 10.8 Å². The van der Waals surface area contributed by atoms with E-state index < -0.39 is 11.7 Å². The van der Waals surface area contributed by atoms with Gasteiger partial charge in [-0.05, 0) is 56.3 Å². The summed E-state index contributed by atoms with van der Waals surface area (Å²) in [6.07, 6.45) is -4.57. The van der Waals surface area contributed by atoms with Gasteiger partial charge < -0.3 is 4.57 Å². The number of nitrogens with zero attached hydrogens (tertiary/aromatic N) is 2. The van der Waals surface area contributed by atoms with Crippen molar-refractivity contribution >= 4 is 21.8 Å². The van der Waals surface area contributed by atoms with Gasteiger partial charge in [0.25, 0.3) is 0 Å². The Bertz CT molecular complexity index is 1180. The molecular formula is C22H15F3N2. The number of aryl methyl sites for hydroxylation is 2. The van der Waals surface area contributed by atoms with Crippen molar-refractivity contribution in [1.82, 2.24) is 4.57 Å². The minimum atomic E-state index is -4.57. The van der Waals surface area contributed by atoms with Crippen LogP contribution in [-0.4, -0.2) is 4.57 Å². The maximum absolute atomic E-state index is 13.8. The molecule has 0 radical (unpaired) electrons. The highest BCUT2D eigenvalue weighted by Crippen LogP contribution is 2.39. The standard InChI is InChI=1S/C22H15F3N2/c1-13-3-6-19-16(9-13)17-10-14(2)4-7-20(17)27(19)21-8-5-15(12-26)11-18(21)22(23,24)25/h3-11H,1-2H3. The number of aromatic nitrogens is 1. The molecule has 2 nitrogen and oxygen atoms in total. The van der Waals surface area contributed by atoms with Crippen LogP contribution in [0.15, 0.2) is 54.6 Å². The molecule has 0 unspecified atom stereocenters. The van der Waals surface area contributed by atoms with E-state index in [9.17, 15) is 13.2 Å². The van der Waals surface area contributed by atoms with E-state index in [1.165, 1.54) is 12.1 Å². The van der Waals surface area contributed by atoms with Gasteiger partial charge in [-0.3, -0.25) is 0 Å². The first kappa shape index (κ1) is 17.2. The van der Waals surface area contributed by atoms with Gasteiger partial charge in [0.2, 0.25) is 0 Å². The molecule has 1 heterocycles. The summed E-state index contributed by atoms with van der Waals surface area (Å²) in [5.41, 5.74) is 2.68. The fraction of sp³-hybridized carbons (Fsp3) is 0.136. The third-order valence-electron chi connectivity index (χ3n) is 4.75. The lowest BCUT2D eigenvalue weighted by atomic mass is 10.1. The molecular weight excluding hydrogens is 349 g/mol. The highest BCUT2D eigenvalue weighted by molar-refractivity contribution is 6.09. The number of alkyl halides is 3. The molecule has 4 rings (SSSR count). The van der Waals surface area contributed by atoms with Crippen molar-refractivity contribution in [3.63, 3.8) is 0 Å². The van der Waals surface area contributed by atoms with Gasteiger partial charge in [-0.1, -0.05) is 23.3 Å². The Morgan fingerprint density at radius 1 is 0.815 bits per heavy atom. The Kier molecular flexibility index (Phi) is 3.74. The van der Waals surface area contributed by atoms with Gasteiger partial charge in [0.05, 0.1) is 33.9 Å². The minimum absolute atomic E-state index is 0.0152. The van der Waals surface area contributed by atoms with E-state index >= 15 is 0 Å². The number of benzene rings is 3. The average Bonchev–Trinajstić information content (AvgIpc) is 2.93. The van der Waals surface area contributed by atoms with Crippen molar-refractivity contribution in [3.8, 4) is 11.8 Å². The van der Waals surface area contributed by atoms with Crippen LogP contribution in [-0.2, 0) is 6.18 Å². The van der Waals surface area contributed by atoms with Crippen molar-refractivity contribution in [2.45, 2.75) is 20.0 Å². The van der Waals surface area contributed by atoms with Crippen molar-refractivity contribution in [1.29, 1.82) is 5.26 Å². The fourth-order valence-corrected chi connectivity index (χ4v) is 3.54. The van der Waals surface area contributed by atoms with Crippen LogP contribution < -0.4 is 0 Å². The minimum Gasteiger partial charge on any atom is -0.309 e. The molecule has 0 atom stereocenters. The topological polar surface area (TPSA) is 28.7 Å². The molecule has 0 spiro atoms. The first-order chi connectivity index (χ1) is 12.8. The summed E-state index contributed by atoms with van der Waals surface area (Å²) in [7, 11) is 0. The highest BCUT2D eigenvalue weighted by atomic mass is 19.4. The van der Waals surface area contributed by atoms with E-state index in [0.29, 0.717) is 11.0 Å². The first-order valence-electron chi connectivity index (χ1n) is 8.43. The molecule has 0 aliphatic heterocycles. The molecule has 27 heavy (non-hydrogen) atoms. The van der Waals surface area contributed by atoms with Crippen molar-refractivity contribution in [2.24, 2.45) is 0 Å². The van der Waals surface area contributed by atoms with E-state index in [4.69, 9.17) is 5.26 Å². The molecule has 0 saturated carbocycles. The molecule has 0 N–H and O–H groups in total. The zero-order chi connectivity index (χ0) is 19.3. The van der Waals surface area contributed by atoms with Gasteiger partial charge in [-0.15, -0.1) is 0 Å². The summed E-state index contributed by atoms with van der Waals surface area (Å²) in [6.45, 7) is 3.92. The van der Waals surface area contributed by atoms with E-state index in [0.717, 1.165) is 28.0 Å². The van der Waals surface area contributed by atoms with E-state index in [1.807, 2.05) is 50.2 Å². The fourth-order valence-electron chi connectivity index (χ4n) is 3.54. The number of hydrogen-bond donors (Lipinski definition) is 0. The summed E-state index contributed by atoms with van der Waals surface area (Å²) < 4.78 is 42.9. The number of halogens is 3. The molecule has 4 aromatic rings. The second kappa shape index (κ2) is 5.88. The van der Waals surface area contributed by atoms with Gasteiger partial charge in [0.15, 0.2) is 0 Å². The van der Waals surface area contributed by atoms with Crippen LogP contribution in [0.5, 0.6) is 0 Å². The molecule has 0 saturated heterocycles.